The molecule has 0 aliphatic carbocycles. The summed E-state index contributed by atoms with van der Waals surface area (Å²) in [5.74, 6) is 2.58. The van der Waals surface area contributed by atoms with Gasteiger partial charge in [-0.05, 0) is 73.2 Å². The number of methoxy groups -OCH3 is 1. The number of nitrogens with zero attached hydrogens (tertiary/aromatic N) is 3. The van der Waals surface area contributed by atoms with Gasteiger partial charge in [-0.1, -0.05) is 37.7 Å². The Bertz CT molecular complexity index is 1160. The molecule has 0 unspecified atom stereocenters. The maximum absolute atomic E-state index is 13.0. The average molecular weight is 542 g/mol. The van der Waals surface area contributed by atoms with Crippen molar-refractivity contribution in [2.45, 2.75) is 50.9 Å². The summed E-state index contributed by atoms with van der Waals surface area (Å²) in [4.78, 5) is 25.5. The molecule has 0 radical (unpaired) electrons. The smallest absolute Gasteiger partial charge is 0.251 e. The Kier molecular flexibility index (Phi) is 10.9. The van der Waals surface area contributed by atoms with Crippen LogP contribution in [0.3, 0.4) is 0 Å². The molecule has 0 saturated heterocycles. The van der Waals surface area contributed by atoms with Crippen LogP contribution in [0.1, 0.15) is 60.9 Å². The van der Waals surface area contributed by atoms with Crippen molar-refractivity contribution in [3.8, 4) is 5.75 Å². The van der Waals surface area contributed by atoms with Gasteiger partial charge in [-0.3, -0.25) is 9.59 Å². The van der Waals surface area contributed by atoms with Gasteiger partial charge in [-0.2, -0.15) is 11.8 Å². The number of aromatic nitrogens is 3. The number of nitrogens with one attached hydrogen (secondary N) is 2. The molecule has 0 saturated carbocycles. The Hall–Kier alpha value is -2.98. The number of rotatable bonds is 13. The Balaban J connectivity index is 1.68. The first-order valence-electron chi connectivity index (χ1n) is 12.3. The number of hydrogen-bond acceptors (Lipinski definition) is 7. The first kappa shape index (κ1) is 28.6. The Morgan fingerprint density at radius 1 is 1.05 bits per heavy atom. The van der Waals surface area contributed by atoms with Crippen molar-refractivity contribution in [3.05, 3.63) is 65.5 Å². The fraction of sp³-hybridized carbons (Fsp3) is 0.407. The highest BCUT2D eigenvalue weighted by Gasteiger charge is 2.23. The molecule has 3 rings (SSSR count). The van der Waals surface area contributed by atoms with Crippen LogP contribution in [0.25, 0.3) is 0 Å². The molecule has 10 heteroatoms. The van der Waals surface area contributed by atoms with Crippen LogP contribution in [0.5, 0.6) is 5.75 Å². The predicted molar refractivity (Wildman–Crippen MR) is 152 cm³/mol. The van der Waals surface area contributed by atoms with Crippen LogP contribution in [0.4, 0.5) is 5.69 Å². The normalized spacial score (nSPS) is 11.8. The maximum Gasteiger partial charge on any atom is 0.251 e. The fourth-order valence-electron chi connectivity index (χ4n) is 3.73. The SMILES string of the molecule is CCn1c(SCC(=O)Nc2ccc(C(C)C)cc2)nnc1[C@H](CCSC)NC(=O)c1ccc(OC)cc1. The molecule has 0 fully saturated rings. The minimum atomic E-state index is -0.308. The number of amides is 2. The van der Waals surface area contributed by atoms with E-state index in [1.807, 2.05) is 42.0 Å². The Morgan fingerprint density at radius 3 is 2.35 bits per heavy atom. The van der Waals surface area contributed by atoms with Crippen molar-refractivity contribution in [3.63, 3.8) is 0 Å². The summed E-state index contributed by atoms with van der Waals surface area (Å²) in [6.07, 6.45) is 2.74. The molecule has 1 heterocycles. The first-order chi connectivity index (χ1) is 17.9. The molecule has 2 aromatic carbocycles. The van der Waals surface area contributed by atoms with Gasteiger partial charge in [0.1, 0.15) is 5.75 Å². The summed E-state index contributed by atoms with van der Waals surface area (Å²) < 4.78 is 7.15. The molecule has 0 aliphatic rings. The molecule has 37 heavy (non-hydrogen) atoms. The number of thioether (sulfide) groups is 2. The zero-order valence-electron chi connectivity index (χ0n) is 22.0. The number of carbonyl (C=O) groups excluding carboxylic acids is 2. The molecule has 0 spiro atoms. The first-order valence-corrected chi connectivity index (χ1v) is 14.6. The summed E-state index contributed by atoms with van der Waals surface area (Å²) in [5.41, 5.74) is 2.54. The molecule has 8 nitrogen and oxygen atoms in total. The lowest BCUT2D eigenvalue weighted by molar-refractivity contribution is -0.113. The second-order valence-corrected chi connectivity index (χ2v) is 10.7. The van der Waals surface area contributed by atoms with Gasteiger partial charge in [-0.15, -0.1) is 10.2 Å². The topological polar surface area (TPSA) is 98.1 Å². The van der Waals surface area contributed by atoms with E-state index < -0.39 is 0 Å². The monoisotopic (exact) mass is 541 g/mol. The second kappa shape index (κ2) is 14.1. The van der Waals surface area contributed by atoms with Gasteiger partial charge in [0, 0.05) is 17.8 Å². The van der Waals surface area contributed by atoms with Crippen LogP contribution in [0, 0.1) is 0 Å². The van der Waals surface area contributed by atoms with E-state index >= 15 is 0 Å². The van der Waals surface area contributed by atoms with Gasteiger partial charge >= 0.3 is 0 Å². The molecular weight excluding hydrogens is 506 g/mol. The van der Waals surface area contributed by atoms with Crippen molar-refractivity contribution in [2.24, 2.45) is 0 Å². The van der Waals surface area contributed by atoms with E-state index in [0.717, 1.165) is 11.4 Å². The zero-order chi connectivity index (χ0) is 26.8. The standard InChI is InChI=1S/C27H35N5O3S2/c1-6-32-25(23(15-16-36-5)29-26(34)20-9-13-22(35-4)14-10-20)30-31-27(32)37-17-24(33)28-21-11-7-19(8-12-21)18(2)3/h7-14,18,23H,6,15-17H2,1-5H3,(H,28,33)(H,29,34)/t23-/m0/s1. The lowest BCUT2D eigenvalue weighted by atomic mass is 10.0. The molecule has 0 aliphatic heterocycles. The molecule has 2 N–H and O–H groups in total. The van der Waals surface area contributed by atoms with Gasteiger partial charge in [0.2, 0.25) is 5.91 Å². The van der Waals surface area contributed by atoms with E-state index in [1.54, 1.807) is 43.1 Å². The van der Waals surface area contributed by atoms with E-state index in [-0.39, 0.29) is 23.6 Å². The second-order valence-electron chi connectivity index (χ2n) is 8.73. The summed E-state index contributed by atoms with van der Waals surface area (Å²) >= 11 is 3.04. The van der Waals surface area contributed by atoms with Crippen LogP contribution < -0.4 is 15.4 Å². The van der Waals surface area contributed by atoms with Crippen molar-refractivity contribution in [1.29, 1.82) is 0 Å². The van der Waals surface area contributed by atoms with Gasteiger partial charge in [0.25, 0.3) is 5.91 Å². The van der Waals surface area contributed by atoms with Crippen molar-refractivity contribution >= 4 is 41.0 Å². The fourth-order valence-corrected chi connectivity index (χ4v) is 5.01. The Labute approximate surface area is 227 Å². The highest BCUT2D eigenvalue weighted by molar-refractivity contribution is 7.99. The summed E-state index contributed by atoms with van der Waals surface area (Å²) in [6.45, 7) is 6.90. The third kappa shape index (κ3) is 8.00. The largest absolute Gasteiger partial charge is 0.497 e. The van der Waals surface area contributed by atoms with Crippen molar-refractivity contribution in [1.82, 2.24) is 20.1 Å². The van der Waals surface area contributed by atoms with E-state index in [0.29, 0.717) is 41.2 Å². The minimum absolute atomic E-state index is 0.110. The van der Waals surface area contributed by atoms with Crippen molar-refractivity contribution in [2.75, 3.05) is 30.2 Å². The Morgan fingerprint density at radius 2 is 1.76 bits per heavy atom. The van der Waals surface area contributed by atoms with E-state index in [1.165, 1.54) is 17.3 Å². The lowest BCUT2D eigenvalue weighted by Gasteiger charge is -2.19. The van der Waals surface area contributed by atoms with E-state index in [2.05, 4.69) is 34.7 Å². The molecule has 0 bridgehead atoms. The third-order valence-corrected chi connectivity index (χ3v) is 7.45. The number of hydrogen-bond donors (Lipinski definition) is 2. The van der Waals surface area contributed by atoms with Crippen LogP contribution in [-0.2, 0) is 11.3 Å². The number of ether oxygens (including phenoxy) is 1. The highest BCUT2D eigenvalue weighted by Crippen LogP contribution is 2.25. The molecule has 2 amide bonds. The van der Waals surface area contributed by atoms with Crippen molar-refractivity contribution < 1.29 is 14.3 Å². The van der Waals surface area contributed by atoms with Gasteiger partial charge in [0.05, 0.1) is 18.9 Å². The molecular formula is C27H35N5O3S2. The van der Waals surface area contributed by atoms with Crippen LogP contribution in [-0.4, -0.2) is 51.5 Å². The number of anilines is 1. The third-order valence-electron chi connectivity index (χ3n) is 5.84. The zero-order valence-corrected chi connectivity index (χ0v) is 23.6. The maximum atomic E-state index is 13.0. The average Bonchev–Trinajstić information content (AvgIpc) is 3.32. The molecule has 3 aromatic rings. The molecule has 198 valence electrons. The van der Waals surface area contributed by atoms with E-state index in [9.17, 15) is 9.59 Å². The van der Waals surface area contributed by atoms with Crippen LogP contribution >= 0.6 is 23.5 Å². The molecule has 1 aromatic heterocycles. The van der Waals surface area contributed by atoms with Crippen LogP contribution in [0.15, 0.2) is 53.7 Å². The quantitative estimate of drug-likeness (QED) is 0.280. The minimum Gasteiger partial charge on any atom is -0.497 e. The molecule has 1 atom stereocenters. The van der Waals surface area contributed by atoms with Gasteiger partial charge in [-0.25, -0.2) is 0 Å². The summed E-state index contributed by atoms with van der Waals surface area (Å²) in [5, 5.41) is 15.5. The summed E-state index contributed by atoms with van der Waals surface area (Å²) in [7, 11) is 1.59. The predicted octanol–water partition coefficient (Wildman–Crippen LogP) is 5.39. The van der Waals surface area contributed by atoms with Crippen LogP contribution in [0.2, 0.25) is 0 Å². The number of carbonyl (C=O) groups is 2. The van der Waals surface area contributed by atoms with E-state index in [4.69, 9.17) is 4.74 Å². The van der Waals surface area contributed by atoms with Gasteiger partial charge in [0.15, 0.2) is 11.0 Å². The lowest BCUT2D eigenvalue weighted by Crippen LogP contribution is -2.31. The number of benzene rings is 2. The van der Waals surface area contributed by atoms with Gasteiger partial charge < -0.3 is 19.9 Å². The summed E-state index contributed by atoms with van der Waals surface area (Å²) in [6, 6.07) is 14.6. The highest BCUT2D eigenvalue weighted by atomic mass is 32.2.